The first kappa shape index (κ1) is 39.7. The zero-order valence-electron chi connectivity index (χ0n) is 27.0. The van der Waals surface area contributed by atoms with Crippen molar-refractivity contribution in [1.82, 2.24) is 46.5 Å². The first-order valence-corrected chi connectivity index (χ1v) is 16.3. The van der Waals surface area contributed by atoms with Crippen molar-refractivity contribution in [3.8, 4) is 0 Å². The van der Waals surface area contributed by atoms with E-state index in [-0.39, 0.29) is 31.4 Å². The SMILES string of the molecule is CCCC(NC(=O)C(CS)NC(=O)C(Cc1cnc[nH]1)NC(=O)C(CCCCN)NC(=O)C(N)Cc1cnc[nH]1)C(=O)NC(C)C(=O)O. The zero-order chi connectivity index (χ0) is 35.6. The predicted molar refractivity (Wildman–Crippen MR) is 177 cm³/mol. The number of H-pyrrole nitrogens is 2. The van der Waals surface area contributed by atoms with Gasteiger partial charge in [-0.15, -0.1) is 0 Å². The molecule has 2 heterocycles. The summed E-state index contributed by atoms with van der Waals surface area (Å²) in [4.78, 5) is 90.7. The number of nitrogens with two attached hydrogens (primary N) is 2. The molecular weight excluding hydrogens is 646 g/mol. The van der Waals surface area contributed by atoms with Gasteiger partial charge in [-0.05, 0) is 39.2 Å². The molecule has 0 saturated carbocycles. The summed E-state index contributed by atoms with van der Waals surface area (Å²) in [5.41, 5.74) is 12.8. The lowest BCUT2D eigenvalue weighted by molar-refractivity contribution is -0.141. The summed E-state index contributed by atoms with van der Waals surface area (Å²) < 4.78 is 0. The van der Waals surface area contributed by atoms with Crippen molar-refractivity contribution in [3.05, 3.63) is 36.4 Å². The average molecular weight is 694 g/mol. The van der Waals surface area contributed by atoms with Gasteiger partial charge in [0, 0.05) is 42.4 Å². The number of carbonyl (C=O) groups is 6. The number of carboxylic acids is 1. The van der Waals surface area contributed by atoms with Crippen LogP contribution in [0.5, 0.6) is 0 Å². The summed E-state index contributed by atoms with van der Waals surface area (Å²) in [7, 11) is 0. The van der Waals surface area contributed by atoms with Crippen LogP contribution in [0.25, 0.3) is 0 Å². The maximum Gasteiger partial charge on any atom is 0.325 e. The normalized spacial score (nSPS) is 14.8. The van der Waals surface area contributed by atoms with E-state index in [9.17, 15) is 28.8 Å². The van der Waals surface area contributed by atoms with Gasteiger partial charge in [-0.1, -0.05) is 13.3 Å². The standard InChI is InChI=1S/C29H47N11O7S/c1-3-6-20(25(42)36-16(2)29(46)47)38-28(45)23(13-48)40-27(44)22(10-18-12-33-15-35-18)39-26(43)21(7-4-5-8-30)37-24(41)19(31)9-17-11-32-14-34-17/h11-12,14-16,19-23,48H,3-10,13,30-31H2,1-2H3,(H,32,34)(H,33,35)(H,36,42)(H,37,41)(H,38,45)(H,39,43)(H,40,44)(H,46,47). The van der Waals surface area contributed by atoms with Gasteiger partial charge < -0.3 is 53.1 Å². The molecule has 2 aromatic rings. The second-order valence-corrected chi connectivity index (χ2v) is 11.6. The molecule has 2 rings (SSSR count). The highest BCUT2D eigenvalue weighted by Crippen LogP contribution is 2.07. The lowest BCUT2D eigenvalue weighted by atomic mass is 10.0. The number of hydrogen-bond donors (Lipinski definition) is 11. The summed E-state index contributed by atoms with van der Waals surface area (Å²) in [5, 5.41) is 21.9. The number of hydrogen-bond acceptors (Lipinski definition) is 11. The first-order valence-electron chi connectivity index (χ1n) is 15.7. The Morgan fingerprint density at radius 2 is 1.27 bits per heavy atom. The van der Waals surface area contributed by atoms with E-state index in [1.807, 2.05) is 0 Å². The summed E-state index contributed by atoms with van der Waals surface area (Å²) in [6.07, 6.45) is 7.97. The van der Waals surface area contributed by atoms with Crippen LogP contribution >= 0.6 is 12.6 Å². The number of rotatable bonds is 22. The molecule has 12 N–H and O–H groups in total. The van der Waals surface area contributed by atoms with Crippen molar-refractivity contribution in [2.75, 3.05) is 12.3 Å². The van der Waals surface area contributed by atoms with Crippen LogP contribution in [-0.2, 0) is 41.6 Å². The number of unbranched alkanes of at least 4 members (excludes halogenated alkanes) is 1. The number of carbonyl (C=O) groups excluding carboxylic acids is 5. The van der Waals surface area contributed by atoms with Crippen LogP contribution < -0.4 is 38.1 Å². The number of carboxylic acid groups (broad SMARTS) is 1. The van der Waals surface area contributed by atoms with Crippen molar-refractivity contribution in [3.63, 3.8) is 0 Å². The molecule has 5 amide bonds. The van der Waals surface area contributed by atoms with Gasteiger partial charge in [0.2, 0.25) is 29.5 Å². The first-order chi connectivity index (χ1) is 22.9. The average Bonchev–Trinajstić information content (AvgIpc) is 3.77. The summed E-state index contributed by atoms with van der Waals surface area (Å²) >= 11 is 4.20. The molecule has 0 spiro atoms. The number of aromatic amines is 2. The van der Waals surface area contributed by atoms with Crippen molar-refractivity contribution in [2.24, 2.45) is 11.5 Å². The number of nitrogens with zero attached hydrogens (tertiary/aromatic N) is 2. The van der Waals surface area contributed by atoms with Crippen LogP contribution in [-0.4, -0.2) is 109 Å². The monoisotopic (exact) mass is 693 g/mol. The van der Waals surface area contributed by atoms with Crippen molar-refractivity contribution < 1.29 is 33.9 Å². The van der Waals surface area contributed by atoms with E-state index in [1.54, 1.807) is 6.92 Å². The lowest BCUT2D eigenvalue weighted by Crippen LogP contribution is -2.60. The number of aromatic nitrogens is 4. The number of aliphatic carboxylic acids is 1. The predicted octanol–water partition coefficient (Wildman–Crippen LogP) is -2.37. The fourth-order valence-electron chi connectivity index (χ4n) is 4.54. The highest BCUT2D eigenvalue weighted by atomic mass is 32.1. The van der Waals surface area contributed by atoms with Gasteiger partial charge in [-0.2, -0.15) is 12.6 Å². The molecule has 0 bridgehead atoms. The van der Waals surface area contributed by atoms with Crippen LogP contribution in [0.4, 0.5) is 0 Å². The van der Waals surface area contributed by atoms with Gasteiger partial charge in [0.25, 0.3) is 0 Å². The molecule has 266 valence electrons. The van der Waals surface area contributed by atoms with Gasteiger partial charge in [0.1, 0.15) is 30.2 Å². The number of amides is 5. The molecule has 0 saturated heterocycles. The molecule has 48 heavy (non-hydrogen) atoms. The summed E-state index contributed by atoms with van der Waals surface area (Å²) in [5.74, 6) is -4.82. The smallest absolute Gasteiger partial charge is 0.325 e. The van der Waals surface area contributed by atoms with Crippen LogP contribution in [0.15, 0.2) is 25.0 Å². The molecule has 0 radical (unpaired) electrons. The molecular formula is C29H47N11O7S. The van der Waals surface area contributed by atoms with E-state index in [1.165, 1.54) is 32.0 Å². The van der Waals surface area contributed by atoms with Crippen LogP contribution in [0.1, 0.15) is 57.3 Å². The van der Waals surface area contributed by atoms with E-state index in [0.717, 1.165) is 0 Å². The molecule has 0 fully saturated rings. The lowest BCUT2D eigenvalue weighted by Gasteiger charge is -2.26. The third kappa shape index (κ3) is 13.3. The molecule has 19 heteroatoms. The van der Waals surface area contributed by atoms with Gasteiger partial charge in [-0.25, -0.2) is 9.97 Å². The Hall–Kier alpha value is -4.49. The zero-order valence-corrected chi connectivity index (χ0v) is 27.9. The Balaban J connectivity index is 2.19. The van der Waals surface area contributed by atoms with E-state index in [0.29, 0.717) is 37.2 Å². The highest BCUT2D eigenvalue weighted by molar-refractivity contribution is 7.80. The van der Waals surface area contributed by atoms with Gasteiger partial charge >= 0.3 is 5.97 Å². The van der Waals surface area contributed by atoms with Crippen molar-refractivity contribution in [2.45, 2.75) is 95.0 Å². The molecule has 6 unspecified atom stereocenters. The quantitative estimate of drug-likeness (QED) is 0.0458. The van der Waals surface area contributed by atoms with Crippen LogP contribution in [0.2, 0.25) is 0 Å². The summed E-state index contributed by atoms with van der Waals surface area (Å²) in [6, 6.07) is -6.75. The topological polar surface area (TPSA) is 292 Å². The molecule has 2 aromatic heterocycles. The van der Waals surface area contributed by atoms with Crippen molar-refractivity contribution in [1.29, 1.82) is 0 Å². The molecule has 6 atom stereocenters. The van der Waals surface area contributed by atoms with E-state index >= 15 is 0 Å². The fraction of sp³-hybridized carbons (Fsp3) is 0.586. The molecule has 0 aliphatic carbocycles. The van der Waals surface area contributed by atoms with E-state index in [2.05, 4.69) is 59.1 Å². The number of nitrogens with one attached hydrogen (secondary N) is 7. The van der Waals surface area contributed by atoms with Crippen LogP contribution in [0, 0.1) is 0 Å². The second kappa shape index (κ2) is 20.7. The Bertz CT molecular complexity index is 1330. The van der Waals surface area contributed by atoms with Crippen molar-refractivity contribution >= 4 is 48.1 Å². The Morgan fingerprint density at radius 3 is 1.81 bits per heavy atom. The van der Waals surface area contributed by atoms with Gasteiger partial charge in [0.15, 0.2) is 0 Å². The maximum atomic E-state index is 13.6. The minimum atomic E-state index is -1.24. The Kier molecular flexibility index (Phi) is 17.1. The minimum Gasteiger partial charge on any atom is -0.480 e. The molecule has 0 aromatic carbocycles. The Morgan fingerprint density at radius 1 is 0.771 bits per heavy atom. The van der Waals surface area contributed by atoms with Crippen LogP contribution in [0.3, 0.4) is 0 Å². The largest absolute Gasteiger partial charge is 0.480 e. The minimum absolute atomic E-state index is 0.0464. The molecule has 0 aliphatic heterocycles. The molecule has 0 aliphatic rings. The number of thiol groups is 1. The number of imidazole rings is 2. The summed E-state index contributed by atoms with van der Waals surface area (Å²) in [6.45, 7) is 3.45. The second-order valence-electron chi connectivity index (χ2n) is 11.2. The third-order valence-corrected chi connectivity index (χ3v) is 7.64. The van der Waals surface area contributed by atoms with Gasteiger partial charge in [-0.3, -0.25) is 28.8 Å². The van der Waals surface area contributed by atoms with E-state index in [4.69, 9.17) is 16.6 Å². The highest BCUT2D eigenvalue weighted by Gasteiger charge is 2.32. The maximum absolute atomic E-state index is 13.6. The van der Waals surface area contributed by atoms with Gasteiger partial charge in [0.05, 0.1) is 18.7 Å². The third-order valence-electron chi connectivity index (χ3n) is 7.28. The Labute approximate surface area is 283 Å². The van der Waals surface area contributed by atoms with E-state index < -0.39 is 71.8 Å². The fourth-order valence-corrected chi connectivity index (χ4v) is 4.79. The molecule has 18 nitrogen and oxygen atoms in total.